The summed E-state index contributed by atoms with van der Waals surface area (Å²) in [5.41, 5.74) is 0. The Kier molecular flexibility index (Phi) is 6.99. The van der Waals surface area contributed by atoms with Crippen molar-refractivity contribution in [2.45, 2.75) is 19.4 Å². The molecule has 1 fully saturated rings. The summed E-state index contributed by atoms with van der Waals surface area (Å²) < 4.78 is 5.47. The lowest BCUT2D eigenvalue weighted by molar-refractivity contribution is 0.0177. The van der Waals surface area contributed by atoms with Gasteiger partial charge in [-0.05, 0) is 17.9 Å². The van der Waals surface area contributed by atoms with Gasteiger partial charge in [0.05, 0.1) is 19.3 Å². The molecule has 0 bridgehead atoms. The summed E-state index contributed by atoms with van der Waals surface area (Å²) in [4.78, 5) is 8.17. The van der Waals surface area contributed by atoms with E-state index in [-0.39, 0.29) is 0 Å². The summed E-state index contributed by atoms with van der Waals surface area (Å²) >= 11 is 1.82. The van der Waals surface area contributed by atoms with E-state index in [0.29, 0.717) is 6.04 Å². The predicted octanol–water partition coefficient (Wildman–Crippen LogP) is 1.70. The van der Waals surface area contributed by atoms with Crippen molar-refractivity contribution >= 4 is 17.3 Å². The van der Waals surface area contributed by atoms with E-state index in [4.69, 9.17) is 4.74 Å². The van der Waals surface area contributed by atoms with Crippen LogP contribution in [0.4, 0.5) is 0 Å². The number of hydrogen-bond donors (Lipinski definition) is 2. The fraction of sp³-hybridized carbons (Fsp3) is 0.667. The Bertz CT molecular complexity index is 415. The minimum Gasteiger partial charge on any atom is -0.379 e. The molecule has 1 aromatic heterocycles. The van der Waals surface area contributed by atoms with Crippen LogP contribution in [0.1, 0.15) is 24.3 Å². The summed E-state index contributed by atoms with van der Waals surface area (Å²) in [7, 11) is 1.82. The molecule has 1 aliphatic rings. The number of aliphatic imine (C=N–C) groups is 1. The molecular formula is C15H26N4OS. The second-order valence-electron chi connectivity index (χ2n) is 5.06. The van der Waals surface area contributed by atoms with Crippen molar-refractivity contribution in [1.29, 1.82) is 0 Å². The molecular weight excluding hydrogens is 284 g/mol. The minimum atomic E-state index is 0.383. The fourth-order valence-corrected chi connectivity index (χ4v) is 3.30. The quantitative estimate of drug-likeness (QED) is 0.620. The van der Waals surface area contributed by atoms with Crippen molar-refractivity contribution in [2.24, 2.45) is 4.99 Å². The largest absolute Gasteiger partial charge is 0.379 e. The first-order valence-electron chi connectivity index (χ1n) is 7.65. The molecule has 2 rings (SSSR count). The fourth-order valence-electron chi connectivity index (χ4n) is 2.44. The van der Waals surface area contributed by atoms with Gasteiger partial charge in [0.25, 0.3) is 0 Å². The Morgan fingerprint density at radius 3 is 2.86 bits per heavy atom. The van der Waals surface area contributed by atoms with Crippen molar-refractivity contribution in [2.75, 3.05) is 46.4 Å². The molecule has 118 valence electrons. The van der Waals surface area contributed by atoms with Crippen LogP contribution in [0.5, 0.6) is 0 Å². The topological polar surface area (TPSA) is 48.9 Å². The van der Waals surface area contributed by atoms with Crippen molar-refractivity contribution in [3.63, 3.8) is 0 Å². The Labute approximate surface area is 131 Å². The van der Waals surface area contributed by atoms with Crippen LogP contribution in [0, 0.1) is 0 Å². The number of rotatable bonds is 6. The van der Waals surface area contributed by atoms with Gasteiger partial charge >= 0.3 is 0 Å². The monoisotopic (exact) mass is 310 g/mol. The highest BCUT2D eigenvalue weighted by molar-refractivity contribution is 7.10. The van der Waals surface area contributed by atoms with Gasteiger partial charge in [-0.2, -0.15) is 0 Å². The maximum atomic E-state index is 5.47. The van der Waals surface area contributed by atoms with E-state index >= 15 is 0 Å². The summed E-state index contributed by atoms with van der Waals surface area (Å²) in [6.45, 7) is 7.60. The Morgan fingerprint density at radius 2 is 2.24 bits per heavy atom. The van der Waals surface area contributed by atoms with Gasteiger partial charge in [0.1, 0.15) is 0 Å². The van der Waals surface area contributed by atoms with Gasteiger partial charge in [0, 0.05) is 38.1 Å². The molecule has 21 heavy (non-hydrogen) atoms. The van der Waals surface area contributed by atoms with Gasteiger partial charge in [-0.3, -0.25) is 9.89 Å². The summed E-state index contributed by atoms with van der Waals surface area (Å²) in [5.74, 6) is 0.881. The molecule has 6 heteroatoms. The lowest BCUT2D eigenvalue weighted by Crippen LogP contribution is -2.46. The van der Waals surface area contributed by atoms with Gasteiger partial charge in [0.15, 0.2) is 5.96 Å². The molecule has 1 saturated heterocycles. The molecule has 0 aromatic carbocycles. The average Bonchev–Trinajstić information content (AvgIpc) is 3.06. The second-order valence-corrected chi connectivity index (χ2v) is 6.04. The smallest absolute Gasteiger partial charge is 0.191 e. The van der Waals surface area contributed by atoms with Crippen LogP contribution in [-0.4, -0.2) is 57.3 Å². The van der Waals surface area contributed by atoms with E-state index in [1.807, 2.05) is 18.4 Å². The predicted molar refractivity (Wildman–Crippen MR) is 89.1 cm³/mol. The van der Waals surface area contributed by atoms with Gasteiger partial charge in [-0.15, -0.1) is 11.3 Å². The molecule has 0 radical (unpaired) electrons. The number of nitrogens with one attached hydrogen (secondary N) is 2. The van der Waals surface area contributed by atoms with Crippen molar-refractivity contribution in [1.82, 2.24) is 15.5 Å². The number of ether oxygens (including phenoxy) is 1. The van der Waals surface area contributed by atoms with Crippen LogP contribution in [0.3, 0.4) is 0 Å². The zero-order chi connectivity index (χ0) is 14.9. The number of nitrogens with zero attached hydrogens (tertiary/aromatic N) is 2. The number of hydrogen-bond acceptors (Lipinski definition) is 4. The molecule has 0 spiro atoms. The van der Waals surface area contributed by atoms with Crippen molar-refractivity contribution in [3.05, 3.63) is 22.4 Å². The van der Waals surface area contributed by atoms with E-state index in [2.05, 4.69) is 45.0 Å². The SMILES string of the molecule is CCCNC(=NC)NCC(c1cccs1)N1CCOCC1. The molecule has 1 atom stereocenters. The zero-order valence-electron chi connectivity index (χ0n) is 13.0. The number of thiophene rings is 1. The lowest BCUT2D eigenvalue weighted by Gasteiger charge is -2.34. The molecule has 1 aliphatic heterocycles. The molecule has 2 heterocycles. The van der Waals surface area contributed by atoms with Gasteiger partial charge in [-0.25, -0.2) is 0 Å². The molecule has 1 aromatic rings. The number of guanidine groups is 1. The van der Waals surface area contributed by atoms with Gasteiger partial charge in [0.2, 0.25) is 0 Å². The highest BCUT2D eigenvalue weighted by atomic mass is 32.1. The Morgan fingerprint density at radius 1 is 1.43 bits per heavy atom. The highest BCUT2D eigenvalue weighted by Gasteiger charge is 2.23. The maximum Gasteiger partial charge on any atom is 0.191 e. The van der Waals surface area contributed by atoms with E-state index in [9.17, 15) is 0 Å². The third-order valence-electron chi connectivity index (χ3n) is 3.59. The van der Waals surface area contributed by atoms with Crippen molar-refractivity contribution < 1.29 is 4.74 Å². The normalized spacial score (nSPS) is 18.5. The minimum absolute atomic E-state index is 0.383. The third-order valence-corrected chi connectivity index (χ3v) is 4.56. The number of morpholine rings is 1. The van der Waals surface area contributed by atoms with Crippen LogP contribution < -0.4 is 10.6 Å². The third kappa shape index (κ3) is 4.98. The molecule has 1 unspecified atom stereocenters. The van der Waals surface area contributed by atoms with Crippen LogP contribution in [0.2, 0.25) is 0 Å². The van der Waals surface area contributed by atoms with E-state index < -0.39 is 0 Å². The first kappa shape index (κ1) is 16.3. The van der Waals surface area contributed by atoms with Crippen LogP contribution >= 0.6 is 11.3 Å². The molecule has 0 amide bonds. The Hall–Kier alpha value is -1.11. The van der Waals surface area contributed by atoms with E-state index in [1.165, 1.54) is 4.88 Å². The summed E-state index contributed by atoms with van der Waals surface area (Å²) in [5, 5.41) is 8.92. The van der Waals surface area contributed by atoms with E-state index in [1.54, 1.807) is 0 Å². The van der Waals surface area contributed by atoms with Gasteiger partial charge in [-0.1, -0.05) is 13.0 Å². The van der Waals surface area contributed by atoms with Crippen LogP contribution in [0.25, 0.3) is 0 Å². The van der Waals surface area contributed by atoms with Crippen LogP contribution in [-0.2, 0) is 4.74 Å². The van der Waals surface area contributed by atoms with E-state index in [0.717, 1.165) is 51.8 Å². The molecule has 0 aliphatic carbocycles. The standard InChI is InChI=1S/C15H26N4OS/c1-3-6-17-15(16-2)18-12-13(14-5-4-11-21-14)19-7-9-20-10-8-19/h4-5,11,13H,3,6-10,12H2,1-2H3,(H2,16,17,18). The molecule has 2 N–H and O–H groups in total. The zero-order valence-corrected chi connectivity index (χ0v) is 13.8. The first-order chi connectivity index (χ1) is 10.3. The molecule has 0 saturated carbocycles. The lowest BCUT2D eigenvalue weighted by atomic mass is 10.2. The second kappa shape index (κ2) is 9.02. The van der Waals surface area contributed by atoms with Crippen LogP contribution in [0.15, 0.2) is 22.5 Å². The molecule has 5 nitrogen and oxygen atoms in total. The van der Waals surface area contributed by atoms with Gasteiger partial charge < -0.3 is 15.4 Å². The average molecular weight is 310 g/mol. The first-order valence-corrected chi connectivity index (χ1v) is 8.52. The Balaban J connectivity index is 1.95. The highest BCUT2D eigenvalue weighted by Crippen LogP contribution is 2.25. The van der Waals surface area contributed by atoms with Crippen molar-refractivity contribution in [3.8, 4) is 0 Å². The summed E-state index contributed by atoms with van der Waals surface area (Å²) in [6.07, 6.45) is 1.10. The summed E-state index contributed by atoms with van der Waals surface area (Å²) in [6, 6.07) is 4.72. The maximum absolute atomic E-state index is 5.47.